The lowest BCUT2D eigenvalue weighted by molar-refractivity contribution is -0.118. The van der Waals surface area contributed by atoms with Crippen molar-refractivity contribution < 1.29 is 22.8 Å². The molecule has 3 aromatic rings. The number of carbonyl (C=O) groups is 2. The Kier molecular flexibility index (Phi) is 6.46. The first-order chi connectivity index (χ1) is 14.3. The molecule has 1 N–H and O–H groups in total. The number of pyridine rings is 1. The number of nitrogens with zero attached hydrogens (tertiary/aromatic N) is 3. The number of nitrogens with one attached hydrogen (secondary N) is 1. The fourth-order valence-electron chi connectivity index (χ4n) is 2.63. The highest BCUT2D eigenvalue weighted by atomic mass is 32.1. The lowest BCUT2D eigenvalue weighted by Gasteiger charge is -2.17. The number of hydrogen-bond acceptors (Lipinski definition) is 5. The molecule has 0 fully saturated rings. The molecule has 3 rings (SSSR count). The van der Waals surface area contributed by atoms with Crippen LogP contribution < -0.4 is 10.2 Å². The molecule has 0 aliphatic heterocycles. The Morgan fingerprint density at radius 2 is 1.90 bits per heavy atom. The first-order valence-corrected chi connectivity index (χ1v) is 9.79. The summed E-state index contributed by atoms with van der Waals surface area (Å²) < 4.78 is 40.8. The normalized spacial score (nSPS) is 10.7. The highest BCUT2D eigenvalue weighted by Gasteiger charge is 2.17. The van der Waals surface area contributed by atoms with Crippen LogP contribution in [0.15, 0.2) is 35.7 Å². The lowest BCUT2D eigenvalue weighted by Crippen LogP contribution is -2.26. The van der Waals surface area contributed by atoms with Crippen LogP contribution in [-0.4, -0.2) is 28.8 Å². The van der Waals surface area contributed by atoms with Gasteiger partial charge in [0.25, 0.3) is 5.91 Å². The second-order valence-electron chi connectivity index (χ2n) is 6.28. The maximum Gasteiger partial charge on any atom is 0.271 e. The van der Waals surface area contributed by atoms with Crippen molar-refractivity contribution in [2.24, 2.45) is 0 Å². The quantitative estimate of drug-likeness (QED) is 0.597. The molecule has 0 saturated carbocycles. The van der Waals surface area contributed by atoms with Crippen LogP contribution in [0.3, 0.4) is 0 Å². The minimum Gasteiger partial charge on any atom is -0.346 e. The van der Waals surface area contributed by atoms with E-state index in [-0.39, 0.29) is 35.8 Å². The van der Waals surface area contributed by atoms with Gasteiger partial charge < -0.3 is 10.2 Å². The molecule has 0 radical (unpaired) electrons. The van der Waals surface area contributed by atoms with E-state index in [1.54, 1.807) is 13.0 Å². The molecule has 156 valence electrons. The fraction of sp³-hybridized carbons (Fsp3) is 0.200. The van der Waals surface area contributed by atoms with Crippen LogP contribution in [0.5, 0.6) is 0 Å². The van der Waals surface area contributed by atoms with E-state index in [1.807, 2.05) is 0 Å². The molecule has 0 unspecified atom stereocenters. The highest BCUT2D eigenvalue weighted by molar-refractivity contribution is 7.13. The predicted octanol–water partition coefficient (Wildman–Crippen LogP) is 3.93. The number of anilines is 1. The maximum absolute atomic E-state index is 14.5. The highest BCUT2D eigenvalue weighted by Crippen LogP contribution is 2.28. The van der Waals surface area contributed by atoms with Gasteiger partial charge in [0.15, 0.2) is 0 Å². The molecule has 6 nitrogen and oxygen atoms in total. The van der Waals surface area contributed by atoms with Gasteiger partial charge in [-0.25, -0.2) is 9.37 Å². The summed E-state index contributed by atoms with van der Waals surface area (Å²) in [6.07, 6.45) is 0.251. The zero-order valence-electron chi connectivity index (χ0n) is 16.1. The van der Waals surface area contributed by atoms with E-state index >= 15 is 0 Å². The number of benzene rings is 1. The Morgan fingerprint density at radius 3 is 2.57 bits per heavy atom. The summed E-state index contributed by atoms with van der Waals surface area (Å²) in [6, 6.07) is 6.51. The van der Waals surface area contributed by atoms with Crippen molar-refractivity contribution in [3.05, 3.63) is 64.7 Å². The summed E-state index contributed by atoms with van der Waals surface area (Å²) in [5.41, 5.74) is 0.707. The second-order valence-corrected chi connectivity index (χ2v) is 7.14. The molecule has 1 aromatic carbocycles. The van der Waals surface area contributed by atoms with Gasteiger partial charge in [0.1, 0.15) is 16.5 Å². The van der Waals surface area contributed by atoms with E-state index < -0.39 is 23.6 Å². The molecule has 0 aliphatic rings. The van der Waals surface area contributed by atoms with Gasteiger partial charge in [-0.05, 0) is 30.3 Å². The summed E-state index contributed by atoms with van der Waals surface area (Å²) in [6.45, 7) is 1.50. The first kappa shape index (κ1) is 21.4. The zero-order valence-corrected chi connectivity index (χ0v) is 16.9. The lowest BCUT2D eigenvalue weighted by atomic mass is 10.2. The summed E-state index contributed by atoms with van der Waals surface area (Å²) in [7, 11) is 1.50. The Bertz CT molecular complexity index is 1100. The minimum absolute atomic E-state index is 0.0311. The summed E-state index contributed by atoms with van der Waals surface area (Å²) in [5, 5.41) is 4.37. The average molecular weight is 434 g/mol. The van der Waals surface area contributed by atoms with Crippen molar-refractivity contribution in [3.63, 3.8) is 0 Å². The van der Waals surface area contributed by atoms with Gasteiger partial charge in [-0.1, -0.05) is 6.92 Å². The Hall–Kier alpha value is -3.27. The van der Waals surface area contributed by atoms with Crippen LogP contribution in [0, 0.1) is 17.7 Å². The van der Waals surface area contributed by atoms with Gasteiger partial charge in [0, 0.05) is 36.5 Å². The molecule has 30 heavy (non-hydrogen) atoms. The smallest absolute Gasteiger partial charge is 0.271 e. The number of hydrogen-bond donors (Lipinski definition) is 1. The molecule has 2 aromatic heterocycles. The van der Waals surface area contributed by atoms with Crippen molar-refractivity contribution in [2.75, 3.05) is 11.9 Å². The topological polar surface area (TPSA) is 75.2 Å². The van der Waals surface area contributed by atoms with Gasteiger partial charge in [0.2, 0.25) is 17.8 Å². The molecular formula is C20H17F3N4O2S. The molecule has 0 bridgehead atoms. The molecule has 2 amide bonds. The predicted molar refractivity (Wildman–Crippen MR) is 107 cm³/mol. The van der Waals surface area contributed by atoms with Crippen LogP contribution in [0.1, 0.15) is 29.4 Å². The van der Waals surface area contributed by atoms with E-state index in [2.05, 4.69) is 15.3 Å². The zero-order chi connectivity index (χ0) is 21.8. The Morgan fingerprint density at radius 1 is 1.13 bits per heavy atom. The summed E-state index contributed by atoms with van der Waals surface area (Å²) in [5.74, 6) is -3.32. The number of rotatable bonds is 6. The molecule has 0 saturated heterocycles. The Labute approximate surface area is 174 Å². The van der Waals surface area contributed by atoms with E-state index in [9.17, 15) is 22.8 Å². The van der Waals surface area contributed by atoms with E-state index in [0.717, 1.165) is 17.4 Å². The molecule has 0 atom stereocenters. The standard InChI is InChI=1S/C20H17F3N4O2S/c1-3-17(28)27(2)15-6-4-11(8-13(15)21)20-25-14(10-30-20)19(29)24-9-12-5-7-16(22)26-18(12)23/h4-8,10H,3,9H2,1-2H3,(H,24,29). The number of thiazole rings is 1. The van der Waals surface area contributed by atoms with Crippen LogP contribution in [-0.2, 0) is 11.3 Å². The largest absolute Gasteiger partial charge is 0.346 e. The fourth-order valence-corrected chi connectivity index (χ4v) is 3.43. The molecule has 0 aliphatic carbocycles. The SMILES string of the molecule is CCC(=O)N(C)c1ccc(-c2nc(C(=O)NCc3ccc(F)nc3F)cs2)cc1F. The first-order valence-electron chi connectivity index (χ1n) is 8.91. The molecule has 0 spiro atoms. The summed E-state index contributed by atoms with van der Waals surface area (Å²) >= 11 is 1.14. The number of halogens is 3. The average Bonchev–Trinajstić information content (AvgIpc) is 3.22. The van der Waals surface area contributed by atoms with Crippen LogP contribution in [0.25, 0.3) is 10.6 Å². The van der Waals surface area contributed by atoms with Crippen molar-refractivity contribution in [2.45, 2.75) is 19.9 Å². The second kappa shape index (κ2) is 9.04. The van der Waals surface area contributed by atoms with Gasteiger partial charge in [-0.15, -0.1) is 11.3 Å². The molecular weight excluding hydrogens is 417 g/mol. The maximum atomic E-state index is 14.5. The number of amides is 2. The third-order valence-electron chi connectivity index (χ3n) is 4.30. The van der Waals surface area contributed by atoms with Crippen molar-refractivity contribution in [1.82, 2.24) is 15.3 Å². The van der Waals surface area contributed by atoms with Crippen molar-refractivity contribution >= 4 is 28.8 Å². The van der Waals surface area contributed by atoms with E-state index in [1.165, 1.54) is 35.5 Å². The Balaban J connectivity index is 1.71. The third-order valence-corrected chi connectivity index (χ3v) is 5.19. The molecule has 10 heteroatoms. The van der Waals surface area contributed by atoms with E-state index in [0.29, 0.717) is 10.6 Å². The monoisotopic (exact) mass is 434 g/mol. The van der Waals surface area contributed by atoms with Crippen molar-refractivity contribution in [1.29, 1.82) is 0 Å². The van der Waals surface area contributed by atoms with E-state index in [4.69, 9.17) is 0 Å². The van der Waals surface area contributed by atoms with Gasteiger partial charge in [0.05, 0.1) is 5.69 Å². The summed E-state index contributed by atoms with van der Waals surface area (Å²) in [4.78, 5) is 32.5. The number of aromatic nitrogens is 2. The van der Waals surface area contributed by atoms with Gasteiger partial charge in [-0.2, -0.15) is 13.8 Å². The van der Waals surface area contributed by atoms with Crippen LogP contribution in [0.2, 0.25) is 0 Å². The van der Waals surface area contributed by atoms with Gasteiger partial charge >= 0.3 is 0 Å². The van der Waals surface area contributed by atoms with Crippen LogP contribution in [0.4, 0.5) is 18.9 Å². The third kappa shape index (κ3) is 4.65. The minimum atomic E-state index is -1.00. The van der Waals surface area contributed by atoms with Crippen molar-refractivity contribution in [3.8, 4) is 10.6 Å². The van der Waals surface area contributed by atoms with Gasteiger partial charge in [-0.3, -0.25) is 9.59 Å². The number of carbonyl (C=O) groups excluding carboxylic acids is 2. The molecule has 2 heterocycles. The van der Waals surface area contributed by atoms with Crippen LogP contribution >= 0.6 is 11.3 Å².